The molecule has 2 aliphatic heterocycles. The molecule has 0 N–H and O–H groups in total. The molecule has 4 heterocycles. The molecule has 2 saturated heterocycles. The minimum atomic E-state index is -0.110. The summed E-state index contributed by atoms with van der Waals surface area (Å²) in [6, 6.07) is 7.55. The maximum atomic E-state index is 12.9. The Kier molecular flexibility index (Phi) is 6.24. The standard InChI is InChI=1S/C23H23ClN8O2/c1-15-18(4-5-19(24)23(15)25-2)20-12-30-7-8-31(11-17(30)13-34-20)22(33)9-16-3-6-21(26-10-16)32-14-27-28-29-32/h3-6,10,14,17,20H,7-9,11-13H2,1H3/t17-,20-/m0/s1. The lowest BCUT2D eigenvalue weighted by atomic mass is 9.98. The number of carbonyl (C=O) groups is 1. The van der Waals surface area contributed by atoms with Gasteiger partial charge in [-0.15, -0.1) is 5.10 Å². The van der Waals surface area contributed by atoms with Crippen molar-refractivity contribution in [2.24, 2.45) is 0 Å². The molecule has 2 aliphatic rings. The third-order valence-electron chi connectivity index (χ3n) is 6.48. The van der Waals surface area contributed by atoms with E-state index in [9.17, 15) is 4.79 Å². The van der Waals surface area contributed by atoms with E-state index in [1.165, 1.54) is 11.0 Å². The summed E-state index contributed by atoms with van der Waals surface area (Å²) in [5, 5.41) is 11.5. The van der Waals surface area contributed by atoms with Crippen LogP contribution in [-0.2, 0) is 16.0 Å². The molecular formula is C23H23ClN8O2. The maximum absolute atomic E-state index is 12.9. The number of tetrazole rings is 1. The van der Waals surface area contributed by atoms with E-state index in [1.54, 1.807) is 18.3 Å². The summed E-state index contributed by atoms with van der Waals surface area (Å²) in [5.41, 5.74) is 3.21. The summed E-state index contributed by atoms with van der Waals surface area (Å²) < 4.78 is 7.66. The topological polar surface area (TPSA) is 93.6 Å². The van der Waals surface area contributed by atoms with Gasteiger partial charge in [0.1, 0.15) is 6.33 Å². The predicted molar refractivity (Wildman–Crippen MR) is 124 cm³/mol. The van der Waals surface area contributed by atoms with Gasteiger partial charge in [0.05, 0.1) is 31.7 Å². The Morgan fingerprint density at radius 1 is 1.26 bits per heavy atom. The van der Waals surface area contributed by atoms with Crippen molar-refractivity contribution in [3.8, 4) is 5.82 Å². The number of hydrogen-bond acceptors (Lipinski definition) is 7. The van der Waals surface area contributed by atoms with Crippen molar-refractivity contribution < 1.29 is 9.53 Å². The van der Waals surface area contributed by atoms with E-state index in [4.69, 9.17) is 22.9 Å². The first-order chi connectivity index (χ1) is 16.5. The molecule has 1 amide bonds. The normalized spacial score (nSPS) is 20.6. The number of piperazine rings is 1. The molecule has 5 rings (SSSR count). The summed E-state index contributed by atoms with van der Waals surface area (Å²) in [7, 11) is 0. The smallest absolute Gasteiger partial charge is 0.227 e. The van der Waals surface area contributed by atoms with Gasteiger partial charge >= 0.3 is 0 Å². The number of carbonyl (C=O) groups excluding carboxylic acids is 1. The molecule has 0 aliphatic carbocycles. The summed E-state index contributed by atoms with van der Waals surface area (Å²) in [5.74, 6) is 0.678. The van der Waals surface area contributed by atoms with Crippen LogP contribution in [0.3, 0.4) is 0 Å². The van der Waals surface area contributed by atoms with E-state index < -0.39 is 0 Å². The van der Waals surface area contributed by atoms with E-state index in [0.29, 0.717) is 42.6 Å². The summed E-state index contributed by atoms with van der Waals surface area (Å²) in [6.45, 7) is 12.7. The van der Waals surface area contributed by atoms with Crippen LogP contribution in [0.15, 0.2) is 36.8 Å². The summed E-state index contributed by atoms with van der Waals surface area (Å²) in [4.78, 5) is 25.2. The van der Waals surface area contributed by atoms with Crippen molar-refractivity contribution >= 4 is 23.2 Å². The fourth-order valence-electron chi connectivity index (χ4n) is 4.58. The number of aromatic nitrogens is 5. The van der Waals surface area contributed by atoms with Gasteiger partial charge in [-0.2, -0.15) is 4.68 Å². The zero-order valence-electron chi connectivity index (χ0n) is 18.6. The van der Waals surface area contributed by atoms with Crippen molar-refractivity contribution in [2.45, 2.75) is 25.5 Å². The van der Waals surface area contributed by atoms with Crippen molar-refractivity contribution in [1.29, 1.82) is 0 Å². The van der Waals surface area contributed by atoms with Crippen LogP contribution >= 0.6 is 11.6 Å². The second kappa shape index (κ2) is 9.46. The minimum absolute atomic E-state index is 0.0778. The molecule has 0 unspecified atom stereocenters. The number of ether oxygens (including phenoxy) is 1. The molecule has 0 spiro atoms. The Bertz CT molecular complexity index is 1230. The van der Waals surface area contributed by atoms with Crippen LogP contribution in [0.25, 0.3) is 10.7 Å². The molecule has 174 valence electrons. The first kappa shape index (κ1) is 22.4. The lowest BCUT2D eigenvalue weighted by molar-refractivity contribution is -0.139. The third-order valence-corrected chi connectivity index (χ3v) is 6.78. The van der Waals surface area contributed by atoms with Crippen LogP contribution in [0.5, 0.6) is 0 Å². The zero-order chi connectivity index (χ0) is 23.7. The Morgan fingerprint density at radius 2 is 2.15 bits per heavy atom. The van der Waals surface area contributed by atoms with Gasteiger partial charge in [0.25, 0.3) is 0 Å². The zero-order valence-corrected chi connectivity index (χ0v) is 19.4. The number of pyridine rings is 1. The van der Waals surface area contributed by atoms with Gasteiger partial charge in [0, 0.05) is 37.4 Å². The average Bonchev–Trinajstić information content (AvgIpc) is 3.39. The molecule has 10 nitrogen and oxygen atoms in total. The molecule has 1 aromatic carbocycles. The fourth-order valence-corrected chi connectivity index (χ4v) is 4.82. The fraction of sp³-hybridized carbons (Fsp3) is 0.391. The van der Waals surface area contributed by atoms with E-state index in [1.807, 2.05) is 24.0 Å². The lowest BCUT2D eigenvalue weighted by Gasteiger charge is -2.46. The van der Waals surface area contributed by atoms with Gasteiger partial charge in [-0.05, 0) is 40.1 Å². The number of amides is 1. The van der Waals surface area contributed by atoms with E-state index in [2.05, 4.69) is 30.3 Å². The average molecular weight is 479 g/mol. The first-order valence-corrected chi connectivity index (χ1v) is 11.4. The number of halogens is 1. The molecule has 0 bridgehead atoms. The second-order valence-electron chi connectivity index (χ2n) is 8.49. The number of rotatable bonds is 4. The highest BCUT2D eigenvalue weighted by atomic mass is 35.5. The highest BCUT2D eigenvalue weighted by Gasteiger charge is 2.36. The molecule has 2 atom stereocenters. The van der Waals surface area contributed by atoms with Crippen LogP contribution < -0.4 is 0 Å². The Hall–Kier alpha value is -3.39. The van der Waals surface area contributed by atoms with Gasteiger partial charge in [0.15, 0.2) is 5.82 Å². The Labute approximate surface area is 201 Å². The van der Waals surface area contributed by atoms with Gasteiger partial charge in [-0.3, -0.25) is 9.69 Å². The van der Waals surface area contributed by atoms with E-state index >= 15 is 0 Å². The largest absolute Gasteiger partial charge is 0.371 e. The minimum Gasteiger partial charge on any atom is -0.371 e. The highest BCUT2D eigenvalue weighted by Crippen LogP contribution is 2.36. The van der Waals surface area contributed by atoms with Crippen LogP contribution in [0, 0.1) is 13.5 Å². The van der Waals surface area contributed by atoms with E-state index in [0.717, 1.165) is 29.8 Å². The van der Waals surface area contributed by atoms with Crippen molar-refractivity contribution in [3.05, 3.63) is 69.9 Å². The predicted octanol–water partition coefficient (Wildman–Crippen LogP) is 2.40. The molecule has 2 fully saturated rings. The van der Waals surface area contributed by atoms with Crippen LogP contribution in [0.1, 0.15) is 22.8 Å². The molecule has 11 heteroatoms. The molecule has 0 saturated carbocycles. The van der Waals surface area contributed by atoms with Crippen LogP contribution in [0.2, 0.25) is 5.02 Å². The van der Waals surface area contributed by atoms with Crippen LogP contribution in [-0.4, -0.2) is 79.7 Å². The van der Waals surface area contributed by atoms with Crippen molar-refractivity contribution in [1.82, 2.24) is 35.0 Å². The molecule has 3 aromatic rings. The molecule has 0 radical (unpaired) electrons. The van der Waals surface area contributed by atoms with Crippen LogP contribution in [0.4, 0.5) is 5.69 Å². The number of benzene rings is 1. The maximum Gasteiger partial charge on any atom is 0.227 e. The lowest BCUT2D eigenvalue weighted by Crippen LogP contribution is -2.59. The Balaban J connectivity index is 1.19. The van der Waals surface area contributed by atoms with Gasteiger partial charge in [-0.1, -0.05) is 29.8 Å². The third kappa shape index (κ3) is 4.37. The van der Waals surface area contributed by atoms with Gasteiger partial charge < -0.3 is 9.64 Å². The second-order valence-corrected chi connectivity index (χ2v) is 8.90. The quantitative estimate of drug-likeness (QED) is 0.531. The van der Waals surface area contributed by atoms with Gasteiger partial charge in [-0.25, -0.2) is 9.83 Å². The van der Waals surface area contributed by atoms with E-state index in [-0.39, 0.29) is 18.1 Å². The Morgan fingerprint density at radius 3 is 2.88 bits per heavy atom. The summed E-state index contributed by atoms with van der Waals surface area (Å²) >= 11 is 6.17. The number of morpholine rings is 1. The molecule has 2 aromatic heterocycles. The first-order valence-electron chi connectivity index (χ1n) is 11.0. The molecular weight excluding hydrogens is 456 g/mol. The monoisotopic (exact) mass is 478 g/mol. The molecule has 34 heavy (non-hydrogen) atoms. The summed E-state index contributed by atoms with van der Waals surface area (Å²) in [6.07, 6.45) is 3.34. The number of nitrogens with zero attached hydrogens (tertiary/aromatic N) is 8. The van der Waals surface area contributed by atoms with Crippen molar-refractivity contribution in [3.63, 3.8) is 0 Å². The highest BCUT2D eigenvalue weighted by molar-refractivity contribution is 6.33. The van der Waals surface area contributed by atoms with Gasteiger partial charge in [0.2, 0.25) is 11.6 Å². The van der Waals surface area contributed by atoms with Crippen molar-refractivity contribution in [2.75, 3.05) is 32.8 Å². The number of fused-ring (bicyclic) bond motifs is 1. The SMILES string of the molecule is [C-]#[N+]c1c(Cl)ccc([C@@H]2CN3CCN(C(=O)Cc4ccc(-n5cnnn5)nc4)C[C@H]3CO2)c1C. The number of hydrogen-bond donors (Lipinski definition) is 0.